The zero-order valence-electron chi connectivity index (χ0n) is 12.7. The van der Waals surface area contributed by atoms with Gasteiger partial charge in [0.2, 0.25) is 5.91 Å². The molecule has 110 valence electrons. The molecule has 2 fully saturated rings. The third-order valence-electron chi connectivity index (χ3n) is 4.99. The number of rotatable bonds is 2. The van der Waals surface area contributed by atoms with E-state index in [0.717, 1.165) is 45.3 Å². The molecule has 0 spiro atoms. The SMILES string of the molecule is CCC1CN(C(=O)C2(N)CCCC(C)C2)CCN1C. The maximum Gasteiger partial charge on any atom is 0.242 e. The first-order valence-electron chi connectivity index (χ1n) is 7.75. The van der Waals surface area contributed by atoms with Gasteiger partial charge in [-0.1, -0.05) is 26.7 Å². The molecular formula is C15H29N3O. The van der Waals surface area contributed by atoms with E-state index in [1.807, 2.05) is 4.90 Å². The zero-order valence-corrected chi connectivity index (χ0v) is 12.7. The molecule has 0 aromatic heterocycles. The van der Waals surface area contributed by atoms with E-state index in [1.54, 1.807) is 0 Å². The smallest absolute Gasteiger partial charge is 0.242 e. The second-order valence-electron chi connectivity index (χ2n) is 6.65. The molecule has 1 saturated carbocycles. The quantitative estimate of drug-likeness (QED) is 0.824. The number of carbonyl (C=O) groups is 1. The first-order chi connectivity index (χ1) is 8.96. The number of piperazine rings is 1. The van der Waals surface area contributed by atoms with Crippen LogP contribution in [0.3, 0.4) is 0 Å². The van der Waals surface area contributed by atoms with Crippen LogP contribution in [0.25, 0.3) is 0 Å². The summed E-state index contributed by atoms with van der Waals surface area (Å²) in [5, 5.41) is 0. The van der Waals surface area contributed by atoms with Gasteiger partial charge in [-0.15, -0.1) is 0 Å². The minimum Gasteiger partial charge on any atom is -0.338 e. The first-order valence-corrected chi connectivity index (χ1v) is 7.75. The summed E-state index contributed by atoms with van der Waals surface area (Å²) in [5.74, 6) is 0.780. The van der Waals surface area contributed by atoms with E-state index < -0.39 is 5.54 Å². The van der Waals surface area contributed by atoms with Crippen molar-refractivity contribution in [2.75, 3.05) is 26.7 Å². The molecule has 1 amide bonds. The summed E-state index contributed by atoms with van der Waals surface area (Å²) in [6.45, 7) is 7.05. The fraction of sp³-hybridized carbons (Fsp3) is 0.933. The average molecular weight is 267 g/mol. The molecule has 3 atom stereocenters. The van der Waals surface area contributed by atoms with Crippen molar-refractivity contribution in [2.24, 2.45) is 11.7 Å². The largest absolute Gasteiger partial charge is 0.338 e. The van der Waals surface area contributed by atoms with Gasteiger partial charge in [0.1, 0.15) is 0 Å². The molecule has 0 aromatic carbocycles. The fourth-order valence-electron chi connectivity index (χ4n) is 3.67. The second-order valence-corrected chi connectivity index (χ2v) is 6.65. The Bertz CT molecular complexity index is 333. The highest BCUT2D eigenvalue weighted by Crippen LogP contribution is 2.32. The van der Waals surface area contributed by atoms with Gasteiger partial charge in [0.25, 0.3) is 0 Å². The van der Waals surface area contributed by atoms with E-state index in [9.17, 15) is 4.79 Å². The van der Waals surface area contributed by atoms with E-state index >= 15 is 0 Å². The number of hydrogen-bond donors (Lipinski definition) is 1. The molecule has 2 rings (SSSR count). The molecule has 0 bridgehead atoms. The van der Waals surface area contributed by atoms with Crippen molar-refractivity contribution >= 4 is 5.91 Å². The monoisotopic (exact) mass is 267 g/mol. The highest BCUT2D eigenvalue weighted by molar-refractivity contribution is 5.86. The highest BCUT2D eigenvalue weighted by atomic mass is 16.2. The van der Waals surface area contributed by atoms with Gasteiger partial charge in [0, 0.05) is 25.7 Å². The van der Waals surface area contributed by atoms with Crippen LogP contribution in [0.2, 0.25) is 0 Å². The van der Waals surface area contributed by atoms with Crippen LogP contribution < -0.4 is 5.73 Å². The Balaban J connectivity index is 2.02. The van der Waals surface area contributed by atoms with E-state index in [1.165, 1.54) is 6.42 Å². The molecule has 3 unspecified atom stereocenters. The van der Waals surface area contributed by atoms with E-state index in [2.05, 4.69) is 25.8 Å². The summed E-state index contributed by atoms with van der Waals surface area (Å²) in [6, 6.07) is 0.488. The minimum absolute atomic E-state index is 0.200. The van der Waals surface area contributed by atoms with E-state index in [0.29, 0.717) is 12.0 Å². The molecule has 0 aromatic rings. The molecule has 0 radical (unpaired) electrons. The van der Waals surface area contributed by atoms with Gasteiger partial charge in [-0.25, -0.2) is 0 Å². The molecule has 1 aliphatic heterocycles. The predicted octanol–water partition coefficient (Wildman–Crippen LogP) is 1.45. The fourth-order valence-corrected chi connectivity index (χ4v) is 3.67. The van der Waals surface area contributed by atoms with Gasteiger partial charge >= 0.3 is 0 Å². The molecular weight excluding hydrogens is 238 g/mol. The molecule has 19 heavy (non-hydrogen) atoms. The molecule has 2 aliphatic rings. The van der Waals surface area contributed by atoms with Gasteiger partial charge in [0.05, 0.1) is 5.54 Å². The molecule has 4 nitrogen and oxygen atoms in total. The Hall–Kier alpha value is -0.610. The number of carbonyl (C=O) groups excluding carboxylic acids is 1. The van der Waals surface area contributed by atoms with Crippen molar-refractivity contribution < 1.29 is 4.79 Å². The van der Waals surface area contributed by atoms with Crippen LogP contribution in [0, 0.1) is 5.92 Å². The second kappa shape index (κ2) is 5.80. The molecule has 2 N–H and O–H groups in total. The van der Waals surface area contributed by atoms with Crippen LogP contribution in [0.5, 0.6) is 0 Å². The van der Waals surface area contributed by atoms with Crippen LogP contribution in [0.1, 0.15) is 46.0 Å². The van der Waals surface area contributed by atoms with Gasteiger partial charge in [-0.05, 0) is 32.2 Å². The average Bonchev–Trinajstić information content (AvgIpc) is 2.38. The Morgan fingerprint density at radius 2 is 2.16 bits per heavy atom. The van der Waals surface area contributed by atoms with Gasteiger partial charge in [0.15, 0.2) is 0 Å². The van der Waals surface area contributed by atoms with Crippen molar-refractivity contribution in [3.8, 4) is 0 Å². The number of likely N-dealkylation sites (N-methyl/N-ethyl adjacent to an activating group) is 1. The number of nitrogens with zero attached hydrogens (tertiary/aromatic N) is 2. The number of amides is 1. The lowest BCUT2D eigenvalue weighted by Crippen LogP contribution is -2.62. The van der Waals surface area contributed by atoms with Crippen LogP contribution in [0.15, 0.2) is 0 Å². The first kappa shape index (κ1) is 14.8. The lowest BCUT2D eigenvalue weighted by molar-refractivity contribution is -0.141. The normalized spacial score (nSPS) is 37.4. The summed E-state index contributed by atoms with van der Waals surface area (Å²) in [5.41, 5.74) is 5.85. The highest BCUT2D eigenvalue weighted by Gasteiger charge is 2.41. The number of nitrogens with two attached hydrogens (primary N) is 1. The lowest BCUT2D eigenvalue weighted by atomic mass is 9.76. The van der Waals surface area contributed by atoms with Crippen LogP contribution >= 0.6 is 0 Å². The third kappa shape index (κ3) is 3.11. The Kier molecular flexibility index (Phi) is 4.51. The standard InChI is InChI=1S/C15H29N3O/c1-4-13-11-18(9-8-17(13)3)14(19)15(16)7-5-6-12(2)10-15/h12-13H,4-11,16H2,1-3H3. The van der Waals surface area contributed by atoms with Crippen molar-refractivity contribution in [2.45, 2.75) is 57.5 Å². The summed E-state index contributed by atoms with van der Waals surface area (Å²) in [7, 11) is 2.15. The third-order valence-corrected chi connectivity index (χ3v) is 4.99. The van der Waals surface area contributed by atoms with Crippen molar-refractivity contribution in [1.82, 2.24) is 9.80 Å². The zero-order chi connectivity index (χ0) is 14.0. The maximum atomic E-state index is 12.8. The predicted molar refractivity (Wildman–Crippen MR) is 77.8 cm³/mol. The van der Waals surface area contributed by atoms with E-state index in [-0.39, 0.29) is 5.91 Å². The van der Waals surface area contributed by atoms with Crippen molar-refractivity contribution in [3.63, 3.8) is 0 Å². The minimum atomic E-state index is -0.591. The van der Waals surface area contributed by atoms with Crippen molar-refractivity contribution in [1.29, 1.82) is 0 Å². The lowest BCUT2D eigenvalue weighted by Gasteiger charge is -2.44. The molecule has 1 heterocycles. The Morgan fingerprint density at radius 1 is 1.42 bits per heavy atom. The van der Waals surface area contributed by atoms with Gasteiger partial charge in [-0.2, -0.15) is 0 Å². The van der Waals surface area contributed by atoms with Crippen LogP contribution in [-0.4, -0.2) is 54.0 Å². The molecule has 1 aliphatic carbocycles. The summed E-state index contributed by atoms with van der Waals surface area (Å²) in [4.78, 5) is 17.1. The van der Waals surface area contributed by atoms with Crippen LogP contribution in [0.4, 0.5) is 0 Å². The molecule has 4 heteroatoms. The van der Waals surface area contributed by atoms with Crippen molar-refractivity contribution in [3.05, 3.63) is 0 Å². The Morgan fingerprint density at radius 3 is 2.79 bits per heavy atom. The van der Waals surface area contributed by atoms with Gasteiger partial charge < -0.3 is 10.6 Å². The summed E-state index contributed by atoms with van der Waals surface area (Å²) < 4.78 is 0. The number of hydrogen-bond acceptors (Lipinski definition) is 3. The maximum absolute atomic E-state index is 12.8. The van der Waals surface area contributed by atoms with E-state index in [4.69, 9.17) is 5.73 Å². The van der Waals surface area contributed by atoms with Gasteiger partial charge in [-0.3, -0.25) is 9.69 Å². The molecule has 1 saturated heterocycles. The topological polar surface area (TPSA) is 49.6 Å². The summed E-state index contributed by atoms with van der Waals surface area (Å²) in [6.07, 6.45) is 5.11. The Labute approximate surface area is 117 Å². The summed E-state index contributed by atoms with van der Waals surface area (Å²) >= 11 is 0. The van der Waals surface area contributed by atoms with Crippen LogP contribution in [-0.2, 0) is 4.79 Å².